The maximum atomic E-state index is 12.0. The molecule has 0 bridgehead atoms. The molecule has 0 saturated heterocycles. The van der Waals surface area contributed by atoms with Gasteiger partial charge in [0, 0.05) is 12.5 Å². The number of rotatable bonds is 9. The number of aromatic hydroxyl groups is 1. The smallest absolute Gasteiger partial charge is 0.262 e. The van der Waals surface area contributed by atoms with Crippen LogP contribution in [0.5, 0.6) is 11.5 Å². The molecule has 1 amide bonds. The van der Waals surface area contributed by atoms with Crippen molar-refractivity contribution in [2.75, 3.05) is 13.1 Å². The van der Waals surface area contributed by atoms with Crippen molar-refractivity contribution in [2.24, 2.45) is 0 Å². The Morgan fingerprint density at radius 3 is 2.34 bits per heavy atom. The van der Waals surface area contributed by atoms with Gasteiger partial charge in [-0.3, -0.25) is 4.79 Å². The number of carbonyl (C=O) groups is 1. The minimum absolute atomic E-state index is 0.0995. The highest BCUT2D eigenvalue weighted by atomic mass is 16.5. The molecule has 2 N–H and O–H groups in total. The lowest BCUT2D eigenvalue weighted by Gasteiger charge is -2.42. The van der Waals surface area contributed by atoms with E-state index in [0.717, 1.165) is 47.4 Å². The summed E-state index contributed by atoms with van der Waals surface area (Å²) in [6.45, 7) is 15.4. The second-order valence-corrected chi connectivity index (χ2v) is 8.89. The second kappa shape index (κ2) is 9.38. The number of hydrogen-bond acceptors (Lipinski definition) is 3. The van der Waals surface area contributed by atoms with Gasteiger partial charge in [0.2, 0.25) is 5.69 Å². The first-order valence-electron chi connectivity index (χ1n) is 11.3. The van der Waals surface area contributed by atoms with Gasteiger partial charge < -0.3 is 9.84 Å². The van der Waals surface area contributed by atoms with Crippen molar-refractivity contribution in [3.8, 4) is 11.5 Å². The Morgan fingerprint density at radius 2 is 1.79 bits per heavy atom. The third kappa shape index (κ3) is 4.71. The summed E-state index contributed by atoms with van der Waals surface area (Å²) < 4.78 is 6.90. The number of carbonyl (C=O) groups excluding carboxylic acids is 1. The largest absolute Gasteiger partial charge is 0.502 e. The van der Waals surface area contributed by atoms with Gasteiger partial charge in [-0.25, -0.2) is 0 Å². The van der Waals surface area contributed by atoms with Crippen molar-refractivity contribution in [2.45, 2.75) is 99.0 Å². The molecule has 1 aliphatic rings. The lowest BCUT2D eigenvalue weighted by Crippen LogP contribution is -2.61. The summed E-state index contributed by atoms with van der Waals surface area (Å²) >= 11 is 0. The average molecular weight is 406 g/mol. The van der Waals surface area contributed by atoms with Gasteiger partial charge in [-0.2, -0.15) is 10.0 Å². The molecule has 1 aliphatic heterocycles. The van der Waals surface area contributed by atoms with Crippen LogP contribution in [0.1, 0.15) is 89.8 Å². The van der Waals surface area contributed by atoms with Gasteiger partial charge in [-0.05, 0) is 65.9 Å². The van der Waals surface area contributed by atoms with Crippen LogP contribution >= 0.6 is 0 Å². The maximum Gasteiger partial charge on any atom is 0.262 e. The van der Waals surface area contributed by atoms with Crippen LogP contribution in [0.2, 0.25) is 0 Å². The van der Waals surface area contributed by atoms with E-state index in [1.807, 2.05) is 27.7 Å². The predicted molar refractivity (Wildman–Crippen MR) is 120 cm³/mol. The third-order valence-electron chi connectivity index (χ3n) is 6.73. The highest BCUT2D eigenvalue weighted by molar-refractivity contribution is 5.77. The molecule has 1 atom stereocenters. The first-order chi connectivity index (χ1) is 13.6. The van der Waals surface area contributed by atoms with Crippen LogP contribution in [0.3, 0.4) is 0 Å². The monoisotopic (exact) mass is 405 g/mol. The van der Waals surface area contributed by atoms with Gasteiger partial charge in [-0.1, -0.05) is 26.2 Å². The van der Waals surface area contributed by atoms with E-state index in [1.165, 1.54) is 32.6 Å². The zero-order valence-corrected chi connectivity index (χ0v) is 19.6. The number of nitrogens with zero attached hydrogens (tertiary/aromatic N) is 1. The fraction of sp³-hybridized carbons (Fsp3) is 0.708. The van der Waals surface area contributed by atoms with Crippen molar-refractivity contribution < 1.29 is 14.6 Å². The van der Waals surface area contributed by atoms with Crippen LogP contribution in [0, 0.1) is 13.8 Å². The molecule has 29 heavy (non-hydrogen) atoms. The Hall–Kier alpha value is -1.75. The zero-order chi connectivity index (χ0) is 21.8. The molecule has 5 heteroatoms. The topological polar surface area (TPSA) is 58.6 Å². The Bertz CT molecular complexity index is 740. The Kier molecular flexibility index (Phi) is 7.61. The van der Waals surface area contributed by atoms with E-state index < -0.39 is 0 Å². The van der Waals surface area contributed by atoms with Crippen LogP contribution in [-0.4, -0.2) is 29.7 Å². The number of phenols is 1. The van der Waals surface area contributed by atoms with E-state index in [9.17, 15) is 9.90 Å². The molecule has 0 aliphatic carbocycles. The first-order valence-corrected chi connectivity index (χ1v) is 11.3. The van der Waals surface area contributed by atoms with E-state index in [1.54, 1.807) is 0 Å². The summed E-state index contributed by atoms with van der Waals surface area (Å²) in [5.74, 6) is 1.10. The number of quaternary nitrogens is 1. The third-order valence-corrected chi connectivity index (χ3v) is 6.73. The normalized spacial score (nSPS) is 18.9. The van der Waals surface area contributed by atoms with Crippen molar-refractivity contribution in [1.29, 1.82) is 0 Å². The quantitative estimate of drug-likeness (QED) is 0.326. The molecule has 1 aromatic carbocycles. The summed E-state index contributed by atoms with van der Waals surface area (Å²) in [4.78, 5) is 12.0. The summed E-state index contributed by atoms with van der Waals surface area (Å²) in [5.41, 5.74) is 6.62. The Balaban J connectivity index is 2.52. The van der Waals surface area contributed by atoms with E-state index in [-0.39, 0.29) is 21.8 Å². The number of ether oxygens (including phenoxy) is 1. The minimum Gasteiger partial charge on any atom is -0.502 e. The molecule has 2 rings (SSSR count). The number of nitrogens with one attached hydrogen (secondary N) is 1. The van der Waals surface area contributed by atoms with E-state index >= 15 is 0 Å². The van der Waals surface area contributed by atoms with E-state index in [2.05, 4.69) is 19.3 Å². The summed E-state index contributed by atoms with van der Waals surface area (Å²) in [6, 6.07) is 0. The second-order valence-electron chi connectivity index (χ2n) is 8.89. The summed E-state index contributed by atoms with van der Waals surface area (Å²) in [6.07, 6.45) is 7.75. The lowest BCUT2D eigenvalue weighted by molar-refractivity contribution is -0.123. The first kappa shape index (κ1) is 23.5. The van der Waals surface area contributed by atoms with Gasteiger partial charge >= 0.3 is 0 Å². The lowest BCUT2D eigenvalue weighted by atomic mass is 9.85. The molecular weight excluding hydrogens is 364 g/mol. The zero-order valence-electron chi connectivity index (χ0n) is 19.6. The number of amides is 1. The van der Waals surface area contributed by atoms with Crippen molar-refractivity contribution >= 4 is 11.6 Å². The standard InChI is InChI=1S/C24H40N2O3/c1-8-11-12-13-15-24(7)16-14-20-21(26(9-2,10-3)25-19(6)27)22(28)17(4)18(5)23(20)29-24/h8-16H2,1-7H3,(H-,25,27,28)/p+1. The molecule has 0 spiro atoms. The molecule has 1 unspecified atom stereocenters. The molecule has 0 fully saturated rings. The molecule has 0 aromatic heterocycles. The van der Waals surface area contributed by atoms with Crippen molar-refractivity contribution in [1.82, 2.24) is 10.0 Å². The minimum atomic E-state index is -0.172. The maximum absolute atomic E-state index is 12.0. The van der Waals surface area contributed by atoms with Crippen LogP contribution in [-0.2, 0) is 11.2 Å². The van der Waals surface area contributed by atoms with E-state index in [4.69, 9.17) is 4.74 Å². The van der Waals surface area contributed by atoms with Crippen LogP contribution in [0.25, 0.3) is 0 Å². The van der Waals surface area contributed by atoms with Crippen LogP contribution < -0.4 is 14.8 Å². The highest BCUT2D eigenvalue weighted by Crippen LogP contribution is 2.50. The van der Waals surface area contributed by atoms with Gasteiger partial charge in [0.1, 0.15) is 24.4 Å². The van der Waals surface area contributed by atoms with Crippen LogP contribution in [0.15, 0.2) is 0 Å². The van der Waals surface area contributed by atoms with Crippen LogP contribution in [0.4, 0.5) is 5.69 Å². The Labute approximate surface area is 177 Å². The SMILES string of the molecule is CCCCCCC1(C)CCc2c(c(C)c(C)c(O)c2[N+](CC)(CC)NC(C)=O)O1. The van der Waals surface area contributed by atoms with Crippen molar-refractivity contribution in [3.63, 3.8) is 0 Å². The number of benzene rings is 1. The van der Waals surface area contributed by atoms with Gasteiger partial charge in [-0.15, -0.1) is 0 Å². The number of hydrogen-bond donors (Lipinski definition) is 2. The fourth-order valence-electron chi connectivity index (χ4n) is 4.68. The van der Waals surface area contributed by atoms with E-state index in [0.29, 0.717) is 13.1 Å². The summed E-state index contributed by atoms with van der Waals surface area (Å²) in [7, 11) is 0. The molecule has 1 heterocycles. The molecule has 5 nitrogen and oxygen atoms in total. The predicted octanol–water partition coefficient (Wildman–Crippen LogP) is 5.46. The van der Waals surface area contributed by atoms with Crippen molar-refractivity contribution in [3.05, 3.63) is 16.7 Å². The van der Waals surface area contributed by atoms with Gasteiger partial charge in [0.15, 0.2) is 5.75 Å². The number of phenolic OH excluding ortho intramolecular Hbond substituents is 1. The van der Waals surface area contributed by atoms with Gasteiger partial charge in [0.25, 0.3) is 5.91 Å². The molecule has 1 aromatic rings. The summed E-state index contributed by atoms with van der Waals surface area (Å²) in [5, 5.41) is 11.2. The number of unbranched alkanes of at least 4 members (excludes halogenated alkanes) is 3. The molecule has 0 radical (unpaired) electrons. The molecule has 0 saturated carbocycles. The Morgan fingerprint density at radius 1 is 1.14 bits per heavy atom. The molecular formula is C24H41N2O3+. The number of fused-ring (bicyclic) bond motifs is 1. The van der Waals surface area contributed by atoms with Gasteiger partial charge in [0.05, 0.1) is 5.56 Å². The average Bonchev–Trinajstić information content (AvgIpc) is 2.69. The molecule has 164 valence electrons. The fourth-order valence-corrected chi connectivity index (χ4v) is 4.68. The highest BCUT2D eigenvalue weighted by Gasteiger charge is 2.42.